The van der Waals surface area contributed by atoms with Crippen LogP contribution in [0.3, 0.4) is 0 Å². The number of carbonyl (C=O) groups excluding carboxylic acids is 2. The van der Waals surface area contributed by atoms with Gasteiger partial charge in [-0.25, -0.2) is 0 Å². The average molecular weight is 321 g/mol. The topological polar surface area (TPSA) is 83.8 Å². The fraction of sp³-hybridized carbons (Fsp3) is 0.625. The fourth-order valence-electron chi connectivity index (χ4n) is 3.06. The zero-order chi connectivity index (χ0) is 16.2. The van der Waals surface area contributed by atoms with Crippen molar-refractivity contribution in [2.24, 2.45) is 0 Å². The average Bonchev–Trinajstić information content (AvgIpc) is 3.17. The number of furan rings is 1. The third-order valence-corrected chi connectivity index (χ3v) is 4.36. The van der Waals surface area contributed by atoms with Gasteiger partial charge in [-0.3, -0.25) is 14.5 Å². The van der Waals surface area contributed by atoms with Crippen LogP contribution in [-0.4, -0.2) is 55.6 Å². The first-order valence-electron chi connectivity index (χ1n) is 8.08. The van der Waals surface area contributed by atoms with Gasteiger partial charge in [0, 0.05) is 26.1 Å². The van der Waals surface area contributed by atoms with Gasteiger partial charge in [-0.05, 0) is 25.5 Å². The summed E-state index contributed by atoms with van der Waals surface area (Å²) < 4.78 is 11.2. The standard InChI is InChI=1S/C16H23N3O4/c1-11-2-4-14(23-11)13(19-6-8-22-9-7-19)10-17-16(21)12-3-5-15(20)18-12/h2,4,12-13H,3,5-10H2,1H3,(H,17,21)(H,18,20). The summed E-state index contributed by atoms with van der Waals surface area (Å²) in [5.41, 5.74) is 0. The van der Waals surface area contributed by atoms with E-state index in [2.05, 4.69) is 15.5 Å². The predicted octanol–water partition coefficient (Wildman–Crippen LogP) is 0.356. The first-order chi connectivity index (χ1) is 11.1. The molecule has 2 unspecified atom stereocenters. The molecule has 7 heteroatoms. The molecule has 2 atom stereocenters. The summed E-state index contributed by atoms with van der Waals surface area (Å²) in [5, 5.41) is 5.65. The van der Waals surface area contributed by atoms with Crippen LogP contribution in [0.25, 0.3) is 0 Å². The minimum atomic E-state index is -0.411. The van der Waals surface area contributed by atoms with E-state index in [0.29, 0.717) is 32.6 Å². The van der Waals surface area contributed by atoms with Crippen LogP contribution in [-0.2, 0) is 14.3 Å². The maximum atomic E-state index is 12.2. The first-order valence-corrected chi connectivity index (χ1v) is 8.08. The Labute approximate surface area is 135 Å². The molecule has 3 rings (SSSR count). The van der Waals surface area contributed by atoms with E-state index in [1.165, 1.54) is 0 Å². The van der Waals surface area contributed by atoms with Crippen molar-refractivity contribution in [2.45, 2.75) is 31.8 Å². The van der Waals surface area contributed by atoms with Gasteiger partial charge in [0.2, 0.25) is 11.8 Å². The molecule has 0 saturated carbocycles. The van der Waals surface area contributed by atoms with Crippen molar-refractivity contribution >= 4 is 11.8 Å². The van der Waals surface area contributed by atoms with Gasteiger partial charge in [-0.15, -0.1) is 0 Å². The van der Waals surface area contributed by atoms with Crippen LogP contribution in [0.2, 0.25) is 0 Å². The molecule has 3 heterocycles. The number of hydrogen-bond acceptors (Lipinski definition) is 5. The molecule has 1 aromatic rings. The van der Waals surface area contributed by atoms with Crippen molar-refractivity contribution in [3.05, 3.63) is 23.7 Å². The highest BCUT2D eigenvalue weighted by atomic mass is 16.5. The molecule has 0 aromatic carbocycles. The Morgan fingerprint density at radius 1 is 1.43 bits per heavy atom. The quantitative estimate of drug-likeness (QED) is 0.818. The van der Waals surface area contributed by atoms with Crippen LogP contribution in [0.4, 0.5) is 0 Å². The van der Waals surface area contributed by atoms with E-state index in [-0.39, 0.29) is 17.9 Å². The molecule has 23 heavy (non-hydrogen) atoms. The Bertz CT molecular complexity index is 565. The van der Waals surface area contributed by atoms with E-state index < -0.39 is 6.04 Å². The lowest BCUT2D eigenvalue weighted by Gasteiger charge is -2.33. The fourth-order valence-corrected chi connectivity index (χ4v) is 3.06. The maximum absolute atomic E-state index is 12.2. The van der Waals surface area contributed by atoms with Gasteiger partial charge in [0.15, 0.2) is 0 Å². The molecule has 0 spiro atoms. The SMILES string of the molecule is Cc1ccc(C(CNC(=O)C2CCC(=O)N2)N2CCOCC2)o1. The van der Waals surface area contributed by atoms with Gasteiger partial charge in [-0.1, -0.05) is 0 Å². The number of amides is 2. The second-order valence-electron chi connectivity index (χ2n) is 6.02. The Kier molecular flexibility index (Phi) is 4.97. The molecule has 2 aliphatic rings. The summed E-state index contributed by atoms with van der Waals surface area (Å²) in [4.78, 5) is 25.7. The molecule has 2 fully saturated rings. The summed E-state index contributed by atoms with van der Waals surface area (Å²) in [6, 6.07) is 3.46. The van der Waals surface area contributed by atoms with E-state index in [1.807, 2.05) is 19.1 Å². The number of aryl methyl sites for hydroxylation is 1. The molecule has 126 valence electrons. The lowest BCUT2D eigenvalue weighted by molar-refractivity contribution is -0.126. The number of morpholine rings is 1. The number of rotatable bonds is 5. The summed E-state index contributed by atoms with van der Waals surface area (Å²) in [6.07, 6.45) is 0.981. The van der Waals surface area contributed by atoms with Crippen LogP contribution in [0.5, 0.6) is 0 Å². The molecule has 1 aromatic heterocycles. The van der Waals surface area contributed by atoms with Crippen LogP contribution in [0.15, 0.2) is 16.5 Å². The Morgan fingerprint density at radius 2 is 2.22 bits per heavy atom. The number of nitrogens with zero attached hydrogens (tertiary/aromatic N) is 1. The molecular weight excluding hydrogens is 298 g/mol. The zero-order valence-electron chi connectivity index (χ0n) is 13.3. The van der Waals surface area contributed by atoms with Crippen LogP contribution in [0, 0.1) is 6.92 Å². The van der Waals surface area contributed by atoms with Gasteiger partial charge < -0.3 is 19.8 Å². The number of carbonyl (C=O) groups is 2. The van der Waals surface area contributed by atoms with Gasteiger partial charge in [0.25, 0.3) is 0 Å². The molecule has 7 nitrogen and oxygen atoms in total. The Morgan fingerprint density at radius 3 is 2.83 bits per heavy atom. The number of ether oxygens (including phenoxy) is 1. The summed E-state index contributed by atoms with van der Waals surface area (Å²) >= 11 is 0. The third-order valence-electron chi connectivity index (χ3n) is 4.36. The number of hydrogen-bond donors (Lipinski definition) is 2. The first kappa shape index (κ1) is 16.0. The summed E-state index contributed by atoms with van der Waals surface area (Å²) in [5.74, 6) is 1.52. The monoisotopic (exact) mass is 321 g/mol. The lowest BCUT2D eigenvalue weighted by atomic mass is 10.1. The van der Waals surface area contributed by atoms with Gasteiger partial charge in [0.05, 0.1) is 19.3 Å². The Hall–Kier alpha value is -1.86. The smallest absolute Gasteiger partial charge is 0.242 e. The van der Waals surface area contributed by atoms with Crippen molar-refractivity contribution in [2.75, 3.05) is 32.8 Å². The van der Waals surface area contributed by atoms with E-state index in [9.17, 15) is 9.59 Å². The van der Waals surface area contributed by atoms with E-state index in [1.54, 1.807) is 0 Å². The van der Waals surface area contributed by atoms with Crippen LogP contribution in [0.1, 0.15) is 30.4 Å². The second kappa shape index (κ2) is 7.14. The highest BCUT2D eigenvalue weighted by Gasteiger charge is 2.30. The minimum absolute atomic E-state index is 0.0198. The van der Waals surface area contributed by atoms with Crippen molar-refractivity contribution in [1.29, 1.82) is 0 Å². The van der Waals surface area contributed by atoms with Gasteiger partial charge >= 0.3 is 0 Å². The summed E-state index contributed by atoms with van der Waals surface area (Å²) in [7, 11) is 0. The molecule has 0 radical (unpaired) electrons. The maximum Gasteiger partial charge on any atom is 0.242 e. The lowest BCUT2D eigenvalue weighted by Crippen LogP contribution is -2.47. The molecule has 2 saturated heterocycles. The van der Waals surface area contributed by atoms with E-state index >= 15 is 0 Å². The van der Waals surface area contributed by atoms with E-state index in [4.69, 9.17) is 9.15 Å². The number of nitrogens with one attached hydrogen (secondary N) is 2. The zero-order valence-corrected chi connectivity index (χ0v) is 13.3. The molecular formula is C16H23N3O4. The third kappa shape index (κ3) is 3.92. The molecule has 0 aliphatic carbocycles. The van der Waals surface area contributed by atoms with Crippen molar-refractivity contribution in [3.63, 3.8) is 0 Å². The second-order valence-corrected chi connectivity index (χ2v) is 6.02. The van der Waals surface area contributed by atoms with Gasteiger partial charge in [-0.2, -0.15) is 0 Å². The minimum Gasteiger partial charge on any atom is -0.465 e. The van der Waals surface area contributed by atoms with Crippen molar-refractivity contribution in [1.82, 2.24) is 15.5 Å². The van der Waals surface area contributed by atoms with Crippen LogP contribution >= 0.6 is 0 Å². The van der Waals surface area contributed by atoms with Crippen LogP contribution < -0.4 is 10.6 Å². The largest absolute Gasteiger partial charge is 0.465 e. The van der Waals surface area contributed by atoms with Crippen molar-refractivity contribution < 1.29 is 18.7 Å². The van der Waals surface area contributed by atoms with E-state index in [0.717, 1.165) is 24.6 Å². The normalized spacial score (nSPS) is 23.5. The summed E-state index contributed by atoms with van der Waals surface area (Å²) in [6.45, 7) is 5.34. The van der Waals surface area contributed by atoms with Gasteiger partial charge in [0.1, 0.15) is 17.6 Å². The Balaban J connectivity index is 1.63. The predicted molar refractivity (Wildman–Crippen MR) is 82.8 cm³/mol. The molecule has 2 N–H and O–H groups in total. The molecule has 0 bridgehead atoms. The highest BCUT2D eigenvalue weighted by Crippen LogP contribution is 2.23. The van der Waals surface area contributed by atoms with Crippen molar-refractivity contribution in [3.8, 4) is 0 Å². The molecule has 2 aliphatic heterocycles. The highest BCUT2D eigenvalue weighted by molar-refractivity contribution is 5.90. The molecule has 2 amide bonds.